The number of ether oxygens (including phenoxy) is 6. The molecule has 2 saturated heterocycles. The summed E-state index contributed by atoms with van der Waals surface area (Å²) in [6.45, 7) is 7.92. The van der Waals surface area contributed by atoms with Crippen molar-refractivity contribution >= 4 is 23.5 Å². The van der Waals surface area contributed by atoms with Crippen LogP contribution in [0.2, 0.25) is 0 Å². The van der Waals surface area contributed by atoms with E-state index in [0.717, 1.165) is 83.1 Å². The van der Waals surface area contributed by atoms with Gasteiger partial charge in [0.25, 0.3) is 0 Å². The van der Waals surface area contributed by atoms with Crippen LogP contribution in [0, 0.1) is 13.8 Å². The Hall–Kier alpha value is -5.08. The number of benzene rings is 2. The van der Waals surface area contributed by atoms with Crippen LogP contribution in [0.15, 0.2) is 48.5 Å². The maximum Gasteiger partial charge on any atom is 0.222 e. The normalized spacial score (nSPS) is 17.9. The van der Waals surface area contributed by atoms with Crippen LogP contribution in [0.5, 0.6) is 23.0 Å². The molecule has 0 spiro atoms. The lowest BCUT2D eigenvalue weighted by Gasteiger charge is -2.32. The number of hydrogen-bond acceptors (Lipinski definition) is 14. The monoisotopic (exact) mass is 688 g/mol. The van der Waals surface area contributed by atoms with Gasteiger partial charge in [-0.05, 0) is 63.1 Å². The molecule has 0 radical (unpaired) electrons. The fourth-order valence-corrected chi connectivity index (χ4v) is 6.26. The molecule has 14 nitrogen and oxygen atoms in total. The van der Waals surface area contributed by atoms with Crippen molar-refractivity contribution in [1.29, 1.82) is 0 Å². The van der Waals surface area contributed by atoms with E-state index in [0.29, 0.717) is 26.4 Å². The first-order valence-electron chi connectivity index (χ1n) is 16.6. The Morgan fingerprint density at radius 1 is 0.600 bits per heavy atom. The van der Waals surface area contributed by atoms with Gasteiger partial charge < -0.3 is 49.7 Å². The van der Waals surface area contributed by atoms with Gasteiger partial charge in [0.15, 0.2) is 0 Å². The van der Waals surface area contributed by atoms with Gasteiger partial charge in [0, 0.05) is 61.0 Å². The van der Waals surface area contributed by atoms with Gasteiger partial charge in [-0.1, -0.05) is 0 Å². The molecule has 2 atom stereocenters. The van der Waals surface area contributed by atoms with Crippen LogP contribution in [0.3, 0.4) is 0 Å². The van der Waals surface area contributed by atoms with Gasteiger partial charge in [-0.2, -0.15) is 9.97 Å². The van der Waals surface area contributed by atoms with Crippen molar-refractivity contribution in [1.82, 2.24) is 19.9 Å². The van der Waals surface area contributed by atoms with Gasteiger partial charge in [0.05, 0.1) is 53.7 Å². The van der Waals surface area contributed by atoms with E-state index in [1.165, 1.54) is 0 Å². The Morgan fingerprint density at radius 2 is 1.02 bits per heavy atom. The number of nitrogens with zero attached hydrogens (tertiary/aromatic N) is 6. The topological polar surface area (TPSA) is 165 Å². The summed E-state index contributed by atoms with van der Waals surface area (Å²) in [5.74, 6) is 5.28. The van der Waals surface area contributed by atoms with Crippen molar-refractivity contribution in [3.8, 4) is 23.0 Å². The summed E-state index contributed by atoms with van der Waals surface area (Å²) in [5, 5.41) is 0. The summed E-state index contributed by atoms with van der Waals surface area (Å²) >= 11 is 0. The minimum atomic E-state index is -0.0544. The minimum Gasteiger partial charge on any atom is -0.497 e. The molecule has 0 unspecified atom stereocenters. The summed E-state index contributed by atoms with van der Waals surface area (Å²) in [6, 6.07) is 15.4. The molecule has 6 rings (SSSR count). The Labute approximate surface area is 293 Å². The van der Waals surface area contributed by atoms with Crippen LogP contribution < -0.4 is 40.2 Å². The number of anilines is 4. The highest BCUT2D eigenvalue weighted by Gasteiger charge is 2.29. The number of aromatic nitrogens is 4. The Balaban J connectivity index is 0.000000194. The van der Waals surface area contributed by atoms with Gasteiger partial charge in [-0.15, -0.1) is 0 Å². The van der Waals surface area contributed by atoms with Crippen LogP contribution in [-0.4, -0.2) is 87.9 Å². The smallest absolute Gasteiger partial charge is 0.222 e. The fourth-order valence-electron chi connectivity index (χ4n) is 6.26. The average Bonchev–Trinajstić information content (AvgIpc) is 3.52. The quantitative estimate of drug-likeness (QED) is 0.261. The SMILES string of the molecule is COc1ccc(OC)c([C@@H]2COCCCN2c2cc(C)nc(N)n2)c1.COc1ccc(OC)c([C@H]2COCCCN2c2cc(C)nc(N)n2)c1. The maximum atomic E-state index is 5.87. The lowest BCUT2D eigenvalue weighted by atomic mass is 10.0. The number of rotatable bonds is 8. The molecule has 0 saturated carbocycles. The van der Waals surface area contributed by atoms with Crippen molar-refractivity contribution < 1.29 is 28.4 Å². The number of hydrogen-bond donors (Lipinski definition) is 2. The molecule has 50 heavy (non-hydrogen) atoms. The summed E-state index contributed by atoms with van der Waals surface area (Å²) in [7, 11) is 6.64. The molecule has 2 aliphatic heterocycles. The summed E-state index contributed by atoms with van der Waals surface area (Å²) < 4.78 is 33.6. The van der Waals surface area contributed by atoms with E-state index in [1.807, 2.05) is 62.4 Å². The van der Waals surface area contributed by atoms with Crippen molar-refractivity contribution in [2.75, 3.05) is 89.2 Å². The predicted octanol–water partition coefficient (Wildman–Crippen LogP) is 4.70. The van der Waals surface area contributed by atoms with Crippen LogP contribution in [0.1, 0.15) is 47.4 Å². The third kappa shape index (κ3) is 8.74. The number of methoxy groups -OCH3 is 4. The highest BCUT2D eigenvalue weighted by molar-refractivity contribution is 5.52. The van der Waals surface area contributed by atoms with Crippen LogP contribution in [0.25, 0.3) is 0 Å². The van der Waals surface area contributed by atoms with Gasteiger partial charge in [-0.3, -0.25) is 0 Å². The van der Waals surface area contributed by atoms with E-state index >= 15 is 0 Å². The van der Waals surface area contributed by atoms with Crippen LogP contribution in [-0.2, 0) is 9.47 Å². The minimum absolute atomic E-state index is 0.0544. The zero-order valence-electron chi connectivity index (χ0n) is 29.7. The second-order valence-electron chi connectivity index (χ2n) is 11.9. The Morgan fingerprint density at radius 3 is 1.38 bits per heavy atom. The molecule has 268 valence electrons. The molecular formula is C36H48N8O6. The third-order valence-electron chi connectivity index (χ3n) is 8.58. The highest BCUT2D eigenvalue weighted by Crippen LogP contribution is 2.38. The fraction of sp³-hybridized carbons (Fsp3) is 0.444. The van der Waals surface area contributed by atoms with E-state index in [4.69, 9.17) is 39.9 Å². The third-order valence-corrected chi connectivity index (χ3v) is 8.58. The molecule has 0 aliphatic carbocycles. The lowest BCUT2D eigenvalue weighted by molar-refractivity contribution is 0.133. The summed E-state index contributed by atoms with van der Waals surface area (Å²) in [6.07, 6.45) is 1.82. The largest absolute Gasteiger partial charge is 0.497 e. The van der Waals surface area contributed by atoms with E-state index < -0.39 is 0 Å². The standard InChI is InChI=1S/2C18H24N4O3/c2*1-12-9-17(21-18(19)20-12)22-7-4-8-25-11-15(22)14-10-13(23-2)5-6-16(14)24-3/h2*5-6,9-10,15H,4,7-8,11H2,1-3H3,(H2,19,20,21)/t2*15-/m10/s1. The first-order valence-corrected chi connectivity index (χ1v) is 16.6. The van der Waals surface area contributed by atoms with Gasteiger partial charge in [-0.25, -0.2) is 9.97 Å². The molecule has 0 amide bonds. The molecule has 4 heterocycles. The molecule has 4 N–H and O–H groups in total. The van der Waals surface area contributed by atoms with E-state index in [-0.39, 0.29) is 24.0 Å². The van der Waals surface area contributed by atoms with Crippen molar-refractivity contribution in [3.63, 3.8) is 0 Å². The average molecular weight is 689 g/mol. The van der Waals surface area contributed by atoms with E-state index in [2.05, 4.69) is 29.7 Å². The number of nitrogens with two attached hydrogens (primary N) is 2. The lowest BCUT2D eigenvalue weighted by Crippen LogP contribution is -2.32. The molecule has 2 fully saturated rings. The molecule has 2 aliphatic rings. The van der Waals surface area contributed by atoms with E-state index in [1.54, 1.807) is 28.4 Å². The van der Waals surface area contributed by atoms with E-state index in [9.17, 15) is 0 Å². The Kier molecular flexibility index (Phi) is 12.3. The van der Waals surface area contributed by atoms with Crippen LogP contribution in [0.4, 0.5) is 23.5 Å². The molecule has 2 aromatic carbocycles. The number of nitrogen functional groups attached to an aromatic ring is 2. The zero-order valence-corrected chi connectivity index (χ0v) is 29.7. The van der Waals surface area contributed by atoms with Crippen molar-refractivity contribution in [2.24, 2.45) is 0 Å². The summed E-state index contributed by atoms with van der Waals surface area (Å²) in [4.78, 5) is 21.6. The van der Waals surface area contributed by atoms with Gasteiger partial charge in [0.1, 0.15) is 34.6 Å². The predicted molar refractivity (Wildman–Crippen MR) is 193 cm³/mol. The molecule has 14 heteroatoms. The molecule has 2 aromatic heterocycles. The molecule has 0 bridgehead atoms. The zero-order chi connectivity index (χ0) is 35.6. The van der Waals surface area contributed by atoms with Gasteiger partial charge in [0.2, 0.25) is 11.9 Å². The molecule has 4 aromatic rings. The Bertz CT molecular complexity index is 1560. The maximum absolute atomic E-state index is 5.87. The first kappa shape index (κ1) is 36.2. The second kappa shape index (κ2) is 17.0. The van der Waals surface area contributed by atoms with Crippen molar-refractivity contribution in [2.45, 2.75) is 38.8 Å². The van der Waals surface area contributed by atoms with Crippen molar-refractivity contribution in [3.05, 3.63) is 71.0 Å². The first-order chi connectivity index (χ1) is 24.2. The van der Waals surface area contributed by atoms with Gasteiger partial charge >= 0.3 is 0 Å². The molecular weight excluding hydrogens is 640 g/mol. The summed E-state index contributed by atoms with van der Waals surface area (Å²) in [5.41, 5.74) is 15.4. The highest BCUT2D eigenvalue weighted by atomic mass is 16.5. The number of aryl methyl sites for hydroxylation is 2. The van der Waals surface area contributed by atoms with Crippen LogP contribution >= 0.6 is 0 Å². The second-order valence-corrected chi connectivity index (χ2v) is 11.9.